The molecule has 0 spiro atoms. The Morgan fingerprint density at radius 1 is 0.615 bits per heavy atom. The number of Topliss-reactive ketones (excluding diaryl/α,β-unsaturated/α-hetero) is 4. The Morgan fingerprint density at radius 2 is 1.26 bits per heavy atom. The van der Waals surface area contributed by atoms with Crippen molar-refractivity contribution in [1.82, 2.24) is 31.2 Å². The van der Waals surface area contributed by atoms with Gasteiger partial charge in [0.25, 0.3) is 0 Å². The van der Waals surface area contributed by atoms with Crippen molar-refractivity contribution in [3.63, 3.8) is 0 Å². The third-order valence-corrected chi connectivity index (χ3v) is 12.3. The molecule has 0 fully saturated rings. The van der Waals surface area contributed by atoms with Gasteiger partial charge in [-0.2, -0.15) is 0 Å². The van der Waals surface area contributed by atoms with Crippen molar-refractivity contribution in [3.05, 3.63) is 48.0 Å². The van der Waals surface area contributed by atoms with Crippen molar-refractivity contribution in [1.29, 1.82) is 0 Å². The van der Waals surface area contributed by atoms with Crippen LogP contribution in [0.15, 0.2) is 36.8 Å². The molecule has 1 heterocycles. The van der Waals surface area contributed by atoms with E-state index in [1.165, 1.54) is 24.7 Å². The second kappa shape index (κ2) is 42.9. The zero-order valence-corrected chi connectivity index (χ0v) is 45.1. The Hall–Kier alpha value is -6.02. The zero-order chi connectivity index (χ0) is 57.2. The highest BCUT2D eigenvalue weighted by Gasteiger charge is 2.24. The summed E-state index contributed by atoms with van der Waals surface area (Å²) in [6.07, 6.45) is 10.6. The number of aromatic carboxylic acids is 1. The van der Waals surface area contributed by atoms with Crippen molar-refractivity contribution in [2.45, 2.75) is 141 Å². The number of aliphatic hydroxyl groups excluding tert-OH is 2. The first-order valence-electron chi connectivity index (χ1n) is 27.0. The van der Waals surface area contributed by atoms with E-state index in [0.717, 1.165) is 38.5 Å². The average molecular weight is 1110 g/mol. The van der Waals surface area contributed by atoms with E-state index in [1.54, 1.807) is 19.1 Å². The summed E-state index contributed by atoms with van der Waals surface area (Å²) in [6, 6.07) is 4.41. The van der Waals surface area contributed by atoms with Gasteiger partial charge in [0.05, 0.1) is 64.1 Å². The SMILES string of the molecule is C[C@H](NCC(=O)[C@H](CCCCNC(=O)COCCOCCNC(=O)COCCOCCCC(=O)CC[C@H](NC(=O)CCCCCCCCCOc1ccc(C(=O)O)cc1)C(=O)O)CCC(=O)[C@@H](O)Cc1cnc[nH]1)C(=O)CO. The monoisotopic (exact) mass is 1100 g/mol. The molecule has 0 saturated carbocycles. The minimum Gasteiger partial charge on any atom is -0.494 e. The second-order valence-electron chi connectivity index (χ2n) is 18.8. The number of hydrogen-bond donors (Lipinski definition) is 9. The molecule has 1 aromatic heterocycles. The third kappa shape index (κ3) is 34.0. The first-order chi connectivity index (χ1) is 37.6. The fourth-order valence-corrected chi connectivity index (χ4v) is 7.68. The predicted molar refractivity (Wildman–Crippen MR) is 283 cm³/mol. The van der Waals surface area contributed by atoms with E-state index in [0.29, 0.717) is 56.7 Å². The van der Waals surface area contributed by atoms with Gasteiger partial charge in [0.15, 0.2) is 11.6 Å². The molecule has 0 aliphatic carbocycles. The summed E-state index contributed by atoms with van der Waals surface area (Å²) in [5.74, 6) is -4.33. The molecule has 9 N–H and O–H groups in total. The molecule has 2 aromatic rings. The van der Waals surface area contributed by atoms with Crippen LogP contribution in [0.4, 0.5) is 0 Å². The molecule has 78 heavy (non-hydrogen) atoms. The molecule has 24 nitrogen and oxygen atoms in total. The molecule has 0 saturated heterocycles. The van der Waals surface area contributed by atoms with E-state index < -0.39 is 54.2 Å². The minimum absolute atomic E-state index is 0.00448. The van der Waals surface area contributed by atoms with Crippen molar-refractivity contribution in [2.24, 2.45) is 5.92 Å². The van der Waals surface area contributed by atoms with Crippen LogP contribution in [0.2, 0.25) is 0 Å². The van der Waals surface area contributed by atoms with E-state index in [2.05, 4.69) is 31.2 Å². The highest BCUT2D eigenvalue weighted by Crippen LogP contribution is 2.19. The number of H-pyrrole nitrogens is 1. The number of amides is 3. The number of carbonyl (C=O) groups is 9. The lowest BCUT2D eigenvalue weighted by molar-refractivity contribution is -0.142. The average Bonchev–Trinajstić information content (AvgIpc) is 3.94. The lowest BCUT2D eigenvalue weighted by atomic mass is 9.90. The Bertz CT molecular complexity index is 2060. The molecular weight excluding hydrogens is 1020 g/mol. The Morgan fingerprint density at radius 3 is 1.90 bits per heavy atom. The number of aromatic amines is 1. The smallest absolute Gasteiger partial charge is 0.335 e. The molecule has 4 atom stereocenters. The van der Waals surface area contributed by atoms with E-state index in [4.69, 9.17) is 33.9 Å². The van der Waals surface area contributed by atoms with Gasteiger partial charge in [-0.25, -0.2) is 14.6 Å². The minimum atomic E-state index is -1.25. The highest BCUT2D eigenvalue weighted by molar-refractivity contribution is 5.89. The van der Waals surface area contributed by atoms with Crippen LogP contribution in [0.1, 0.15) is 132 Å². The number of imidazole rings is 1. The normalized spacial score (nSPS) is 12.7. The molecule has 24 heteroatoms. The number of hydrogen-bond acceptors (Lipinski definition) is 18. The molecule has 0 bridgehead atoms. The van der Waals surface area contributed by atoms with Gasteiger partial charge in [-0.05, 0) is 76.1 Å². The summed E-state index contributed by atoms with van der Waals surface area (Å²) in [7, 11) is 0. The van der Waals surface area contributed by atoms with Crippen molar-refractivity contribution < 1.29 is 87.3 Å². The molecule has 0 aliphatic rings. The van der Waals surface area contributed by atoms with Crippen LogP contribution in [-0.2, 0) is 63.7 Å². The highest BCUT2D eigenvalue weighted by atomic mass is 16.5. The predicted octanol–water partition coefficient (Wildman–Crippen LogP) is 2.45. The van der Waals surface area contributed by atoms with Gasteiger partial charge in [0.2, 0.25) is 17.7 Å². The van der Waals surface area contributed by atoms with Gasteiger partial charge in [-0.1, -0.05) is 38.5 Å². The number of unbranched alkanes of at least 4 members (excludes halogenated alkanes) is 7. The number of carboxylic acids is 2. The number of carboxylic acid groups (broad SMARTS) is 2. The van der Waals surface area contributed by atoms with Crippen LogP contribution in [0.25, 0.3) is 0 Å². The van der Waals surface area contributed by atoms with Gasteiger partial charge in [-0.3, -0.25) is 33.6 Å². The number of aromatic nitrogens is 2. The van der Waals surface area contributed by atoms with Crippen LogP contribution >= 0.6 is 0 Å². The lowest BCUT2D eigenvalue weighted by Crippen LogP contribution is -2.41. The molecule has 0 aliphatic heterocycles. The number of nitrogens with zero attached hydrogens (tertiary/aromatic N) is 1. The summed E-state index contributed by atoms with van der Waals surface area (Å²) in [4.78, 5) is 116. The van der Waals surface area contributed by atoms with Crippen LogP contribution < -0.4 is 26.0 Å². The Labute approximate surface area is 456 Å². The van der Waals surface area contributed by atoms with Crippen LogP contribution in [-0.4, -0.2) is 187 Å². The maximum Gasteiger partial charge on any atom is 0.335 e. The fourth-order valence-electron chi connectivity index (χ4n) is 7.68. The number of ether oxygens (including phenoxy) is 5. The Kier molecular flexibility index (Phi) is 37.5. The molecule has 0 unspecified atom stereocenters. The molecule has 0 radical (unpaired) electrons. The summed E-state index contributed by atoms with van der Waals surface area (Å²) >= 11 is 0. The van der Waals surface area contributed by atoms with Crippen molar-refractivity contribution in [2.75, 3.05) is 85.7 Å². The number of rotatable bonds is 51. The number of aliphatic hydroxyl groups is 2. The zero-order valence-electron chi connectivity index (χ0n) is 45.1. The standard InChI is InChI=1S/C54H84N6O18/c1-39(49(66)35-61)58-34-48(65)40(17-22-46(63)47(64)32-42-33-55-38-59-42)12-8-9-23-56-51(68)36-77-31-29-75-27-24-57-52(69)37-76-30-28-74-25-11-13-43(62)18-21-45(54(72)73)60-50(67)14-7-5-3-2-4-6-10-26-78-44-19-15-41(16-20-44)53(70)71/h15-16,19-20,33,38-40,45,47,58,61,64H,2-14,17-18,21-32,34-37H2,1H3,(H,55,59)(H,56,68)(H,57,69)(H,60,67)(H,70,71)(H,72,73)/t39-,40+,45-,47-/m0/s1. The fraction of sp³-hybridized carbons (Fsp3) is 0.667. The maximum atomic E-state index is 13.1. The molecular formula is C54H84N6O18. The summed E-state index contributed by atoms with van der Waals surface area (Å²) in [5, 5.41) is 48.7. The molecule has 1 aromatic carbocycles. The van der Waals surface area contributed by atoms with E-state index in [-0.39, 0.29) is 146 Å². The van der Waals surface area contributed by atoms with Gasteiger partial charge >= 0.3 is 11.9 Å². The first kappa shape index (κ1) is 68.1. The quantitative estimate of drug-likeness (QED) is 0.0430. The van der Waals surface area contributed by atoms with Gasteiger partial charge in [0, 0.05) is 69.6 Å². The van der Waals surface area contributed by atoms with E-state index >= 15 is 0 Å². The molecule has 3 amide bonds. The van der Waals surface area contributed by atoms with E-state index in [1.807, 2.05) is 0 Å². The number of ketones is 4. The molecule has 438 valence electrons. The van der Waals surface area contributed by atoms with Crippen LogP contribution in [0.5, 0.6) is 5.75 Å². The Balaban J connectivity index is 1.41. The summed E-state index contributed by atoms with van der Waals surface area (Å²) in [5.41, 5.74) is 0.813. The largest absolute Gasteiger partial charge is 0.494 e. The van der Waals surface area contributed by atoms with Crippen LogP contribution in [0, 0.1) is 5.92 Å². The number of aliphatic carboxylic acids is 1. The lowest BCUT2D eigenvalue weighted by Gasteiger charge is -2.18. The molecule has 2 rings (SSSR count). The number of carbonyl (C=O) groups excluding carboxylic acids is 7. The summed E-state index contributed by atoms with van der Waals surface area (Å²) < 4.78 is 27.2. The van der Waals surface area contributed by atoms with Gasteiger partial charge < -0.3 is 70.4 Å². The number of nitrogens with one attached hydrogen (secondary N) is 5. The summed E-state index contributed by atoms with van der Waals surface area (Å²) in [6.45, 7) is 2.62. The second-order valence-corrected chi connectivity index (χ2v) is 18.8. The first-order valence-corrected chi connectivity index (χ1v) is 27.0. The maximum absolute atomic E-state index is 13.1. The van der Waals surface area contributed by atoms with Crippen LogP contribution in [0.3, 0.4) is 0 Å². The number of benzene rings is 1. The topological polar surface area (TPSA) is 358 Å². The van der Waals surface area contributed by atoms with Crippen molar-refractivity contribution in [3.8, 4) is 5.75 Å². The van der Waals surface area contributed by atoms with Crippen molar-refractivity contribution >= 4 is 52.8 Å². The third-order valence-electron chi connectivity index (χ3n) is 12.3. The van der Waals surface area contributed by atoms with Gasteiger partial charge in [-0.15, -0.1) is 0 Å². The van der Waals surface area contributed by atoms with Gasteiger partial charge in [0.1, 0.15) is 49.3 Å². The van der Waals surface area contributed by atoms with E-state index in [9.17, 15) is 53.4 Å².